The van der Waals surface area contributed by atoms with Crippen LogP contribution in [0.5, 0.6) is 0 Å². The summed E-state index contributed by atoms with van der Waals surface area (Å²) in [6.45, 7) is 8.98. The number of benzene rings is 1. The van der Waals surface area contributed by atoms with Crippen LogP contribution in [0.2, 0.25) is 0 Å². The standard InChI is InChI=1S/C15H23N3O/c1-3-17-9-4-10-18(12-11-17)15(19)16-14-7-5-13(2)6-8-14/h5-8H,3-4,9-12H2,1-2H3,(H,16,19). The maximum Gasteiger partial charge on any atom is 0.321 e. The average molecular weight is 261 g/mol. The van der Waals surface area contributed by atoms with E-state index in [0.717, 1.165) is 44.8 Å². The number of nitrogens with one attached hydrogen (secondary N) is 1. The van der Waals surface area contributed by atoms with Crippen molar-refractivity contribution in [3.05, 3.63) is 29.8 Å². The molecule has 4 heteroatoms. The molecule has 0 aliphatic carbocycles. The molecule has 0 saturated carbocycles. The van der Waals surface area contributed by atoms with Crippen molar-refractivity contribution in [2.45, 2.75) is 20.3 Å². The summed E-state index contributed by atoms with van der Waals surface area (Å²) in [6, 6.07) is 7.93. The number of rotatable bonds is 2. The summed E-state index contributed by atoms with van der Waals surface area (Å²) < 4.78 is 0. The Hall–Kier alpha value is -1.55. The van der Waals surface area contributed by atoms with E-state index in [1.165, 1.54) is 5.56 Å². The van der Waals surface area contributed by atoms with Gasteiger partial charge in [0.25, 0.3) is 0 Å². The molecule has 0 spiro atoms. The molecular weight excluding hydrogens is 238 g/mol. The van der Waals surface area contributed by atoms with E-state index in [0.29, 0.717) is 0 Å². The fourth-order valence-corrected chi connectivity index (χ4v) is 2.33. The highest BCUT2D eigenvalue weighted by Crippen LogP contribution is 2.11. The number of carbonyl (C=O) groups excluding carboxylic acids is 1. The lowest BCUT2D eigenvalue weighted by Crippen LogP contribution is -2.38. The number of hydrogen-bond acceptors (Lipinski definition) is 2. The lowest BCUT2D eigenvalue weighted by Gasteiger charge is -2.21. The summed E-state index contributed by atoms with van der Waals surface area (Å²) >= 11 is 0. The first-order valence-corrected chi connectivity index (χ1v) is 7.04. The van der Waals surface area contributed by atoms with Crippen molar-refractivity contribution in [2.24, 2.45) is 0 Å². The van der Waals surface area contributed by atoms with Crippen LogP contribution in [0, 0.1) is 6.92 Å². The molecule has 1 N–H and O–H groups in total. The fourth-order valence-electron chi connectivity index (χ4n) is 2.33. The Morgan fingerprint density at radius 1 is 1.16 bits per heavy atom. The van der Waals surface area contributed by atoms with Gasteiger partial charge in [-0.2, -0.15) is 0 Å². The van der Waals surface area contributed by atoms with Gasteiger partial charge in [-0.3, -0.25) is 0 Å². The number of aryl methyl sites for hydroxylation is 1. The third-order valence-corrected chi connectivity index (χ3v) is 3.63. The van der Waals surface area contributed by atoms with Crippen LogP contribution in [0.1, 0.15) is 18.9 Å². The van der Waals surface area contributed by atoms with E-state index in [9.17, 15) is 4.79 Å². The molecule has 0 atom stereocenters. The van der Waals surface area contributed by atoms with Crippen LogP contribution in [0.3, 0.4) is 0 Å². The van der Waals surface area contributed by atoms with E-state index >= 15 is 0 Å². The number of anilines is 1. The highest BCUT2D eigenvalue weighted by Gasteiger charge is 2.18. The van der Waals surface area contributed by atoms with Gasteiger partial charge >= 0.3 is 6.03 Å². The number of likely N-dealkylation sites (N-methyl/N-ethyl adjacent to an activating group) is 1. The largest absolute Gasteiger partial charge is 0.323 e. The molecule has 19 heavy (non-hydrogen) atoms. The monoisotopic (exact) mass is 261 g/mol. The molecule has 1 heterocycles. The van der Waals surface area contributed by atoms with Gasteiger partial charge in [0, 0.05) is 25.3 Å². The number of nitrogens with zero attached hydrogens (tertiary/aromatic N) is 2. The van der Waals surface area contributed by atoms with Gasteiger partial charge in [-0.25, -0.2) is 4.79 Å². The lowest BCUT2D eigenvalue weighted by molar-refractivity contribution is 0.212. The molecule has 0 aromatic heterocycles. The third-order valence-electron chi connectivity index (χ3n) is 3.63. The van der Waals surface area contributed by atoms with Gasteiger partial charge in [-0.05, 0) is 38.6 Å². The zero-order valence-corrected chi connectivity index (χ0v) is 11.9. The van der Waals surface area contributed by atoms with Crippen LogP contribution in [0.25, 0.3) is 0 Å². The SMILES string of the molecule is CCN1CCCN(C(=O)Nc2ccc(C)cc2)CC1. The zero-order chi connectivity index (χ0) is 13.7. The first-order valence-electron chi connectivity index (χ1n) is 7.04. The smallest absolute Gasteiger partial charge is 0.321 e. The van der Waals surface area contributed by atoms with E-state index < -0.39 is 0 Å². The summed E-state index contributed by atoms with van der Waals surface area (Å²) in [5, 5.41) is 2.97. The minimum atomic E-state index is 0.0156. The van der Waals surface area contributed by atoms with Crippen LogP contribution in [0.15, 0.2) is 24.3 Å². The summed E-state index contributed by atoms with van der Waals surface area (Å²) in [6.07, 6.45) is 1.05. The van der Waals surface area contributed by atoms with Gasteiger partial charge in [0.1, 0.15) is 0 Å². The second kappa shape index (κ2) is 6.57. The molecule has 4 nitrogen and oxygen atoms in total. The highest BCUT2D eigenvalue weighted by molar-refractivity contribution is 5.89. The van der Waals surface area contributed by atoms with Gasteiger partial charge < -0.3 is 15.1 Å². The van der Waals surface area contributed by atoms with Crippen molar-refractivity contribution in [1.82, 2.24) is 9.80 Å². The third kappa shape index (κ3) is 3.96. The summed E-state index contributed by atoms with van der Waals surface area (Å²) in [5.74, 6) is 0. The van der Waals surface area contributed by atoms with E-state index in [-0.39, 0.29) is 6.03 Å². The van der Waals surface area contributed by atoms with Crippen molar-refractivity contribution in [3.63, 3.8) is 0 Å². The Labute approximate surface area is 115 Å². The fraction of sp³-hybridized carbons (Fsp3) is 0.533. The molecule has 1 aromatic rings. The molecule has 0 bridgehead atoms. The Balaban J connectivity index is 1.90. The molecule has 1 aliphatic rings. The molecule has 1 aromatic carbocycles. The Kier molecular flexibility index (Phi) is 4.80. The van der Waals surface area contributed by atoms with Gasteiger partial charge in [-0.15, -0.1) is 0 Å². The second-order valence-corrected chi connectivity index (χ2v) is 5.07. The summed E-state index contributed by atoms with van der Waals surface area (Å²) in [5.41, 5.74) is 2.07. The molecule has 0 unspecified atom stereocenters. The van der Waals surface area contributed by atoms with Gasteiger partial charge in [0.2, 0.25) is 0 Å². The molecule has 1 fully saturated rings. The topological polar surface area (TPSA) is 35.6 Å². The molecule has 2 amide bonds. The normalized spacial score (nSPS) is 17.1. The van der Waals surface area contributed by atoms with Crippen molar-refractivity contribution in [2.75, 3.05) is 38.0 Å². The Morgan fingerprint density at radius 3 is 2.58 bits per heavy atom. The minimum absolute atomic E-state index is 0.0156. The molecule has 1 saturated heterocycles. The van der Waals surface area contributed by atoms with E-state index in [1.807, 2.05) is 36.1 Å². The van der Waals surface area contributed by atoms with Gasteiger partial charge in [0.05, 0.1) is 0 Å². The van der Waals surface area contributed by atoms with Crippen LogP contribution >= 0.6 is 0 Å². The lowest BCUT2D eigenvalue weighted by atomic mass is 10.2. The van der Waals surface area contributed by atoms with Crippen LogP contribution in [-0.4, -0.2) is 48.6 Å². The first kappa shape index (κ1) is 13.9. The molecule has 2 rings (SSSR count). The quantitative estimate of drug-likeness (QED) is 0.888. The van der Waals surface area contributed by atoms with Crippen LogP contribution in [0.4, 0.5) is 10.5 Å². The predicted octanol–water partition coefficient (Wildman–Crippen LogP) is 2.55. The second-order valence-electron chi connectivity index (χ2n) is 5.07. The number of amides is 2. The highest BCUT2D eigenvalue weighted by atomic mass is 16.2. The first-order chi connectivity index (χ1) is 9.19. The van der Waals surface area contributed by atoms with E-state index in [4.69, 9.17) is 0 Å². The maximum atomic E-state index is 12.2. The van der Waals surface area contributed by atoms with Crippen LogP contribution < -0.4 is 5.32 Å². The summed E-state index contributed by atoms with van der Waals surface area (Å²) in [4.78, 5) is 16.5. The molecule has 1 aliphatic heterocycles. The number of carbonyl (C=O) groups is 1. The average Bonchev–Trinajstić information content (AvgIpc) is 2.66. The Bertz CT molecular complexity index is 416. The molecule has 104 valence electrons. The molecule has 0 radical (unpaired) electrons. The van der Waals surface area contributed by atoms with Crippen molar-refractivity contribution >= 4 is 11.7 Å². The van der Waals surface area contributed by atoms with Crippen molar-refractivity contribution in [3.8, 4) is 0 Å². The zero-order valence-electron chi connectivity index (χ0n) is 11.9. The van der Waals surface area contributed by atoms with Crippen molar-refractivity contribution in [1.29, 1.82) is 0 Å². The van der Waals surface area contributed by atoms with E-state index in [2.05, 4.69) is 17.1 Å². The minimum Gasteiger partial charge on any atom is -0.323 e. The molecular formula is C15H23N3O. The number of urea groups is 1. The predicted molar refractivity (Wildman–Crippen MR) is 78.5 cm³/mol. The van der Waals surface area contributed by atoms with Crippen molar-refractivity contribution < 1.29 is 4.79 Å². The van der Waals surface area contributed by atoms with Gasteiger partial charge in [-0.1, -0.05) is 24.6 Å². The van der Waals surface area contributed by atoms with Crippen LogP contribution in [-0.2, 0) is 0 Å². The summed E-state index contributed by atoms with van der Waals surface area (Å²) in [7, 11) is 0. The van der Waals surface area contributed by atoms with Gasteiger partial charge in [0.15, 0.2) is 0 Å². The Morgan fingerprint density at radius 2 is 1.89 bits per heavy atom. The number of hydrogen-bond donors (Lipinski definition) is 1. The van der Waals surface area contributed by atoms with E-state index in [1.54, 1.807) is 0 Å². The maximum absolute atomic E-state index is 12.2.